The van der Waals surface area contributed by atoms with Gasteiger partial charge in [-0.3, -0.25) is 9.59 Å². The minimum Gasteiger partial charge on any atom is -0.508 e. The number of nitrogens with one attached hydrogen (secondary N) is 1. The summed E-state index contributed by atoms with van der Waals surface area (Å²) in [5.41, 5.74) is 1.67. The summed E-state index contributed by atoms with van der Waals surface area (Å²) in [6, 6.07) is 13.3. The first-order chi connectivity index (χ1) is 13.5. The summed E-state index contributed by atoms with van der Waals surface area (Å²) in [5, 5.41) is 23.4. The second-order valence-electron chi connectivity index (χ2n) is 6.80. The Morgan fingerprint density at radius 1 is 1.18 bits per heavy atom. The molecule has 2 aromatic carbocycles. The van der Waals surface area contributed by atoms with Gasteiger partial charge in [-0.05, 0) is 31.0 Å². The van der Waals surface area contributed by atoms with E-state index in [4.69, 9.17) is 0 Å². The molecule has 1 aliphatic heterocycles. The Kier molecular flexibility index (Phi) is 6.59. The van der Waals surface area contributed by atoms with Crippen LogP contribution in [0.2, 0.25) is 0 Å². The summed E-state index contributed by atoms with van der Waals surface area (Å²) in [6.45, 7) is 2.25. The molecule has 0 bridgehead atoms. The molecule has 0 aromatic heterocycles. The molecule has 3 N–H and O–H groups in total. The summed E-state index contributed by atoms with van der Waals surface area (Å²) in [4.78, 5) is 27.1. The van der Waals surface area contributed by atoms with Gasteiger partial charge in [0, 0.05) is 23.4 Å². The molecule has 1 saturated heterocycles. The molecule has 2 atom stereocenters. The first-order valence-corrected chi connectivity index (χ1v) is 10.3. The van der Waals surface area contributed by atoms with Crippen LogP contribution in [0.4, 0.5) is 0 Å². The molecule has 0 spiro atoms. The zero-order chi connectivity index (χ0) is 20.1. The van der Waals surface area contributed by atoms with E-state index in [1.54, 1.807) is 35.7 Å². The molecule has 148 valence electrons. The van der Waals surface area contributed by atoms with Crippen LogP contribution in [0.5, 0.6) is 5.75 Å². The number of aliphatic hydroxyl groups is 1. The maximum absolute atomic E-state index is 12.8. The number of aromatic hydroxyl groups is 1. The zero-order valence-electron chi connectivity index (χ0n) is 15.7. The Labute approximate surface area is 168 Å². The van der Waals surface area contributed by atoms with E-state index in [0.29, 0.717) is 30.0 Å². The van der Waals surface area contributed by atoms with Gasteiger partial charge in [-0.2, -0.15) is 0 Å². The molecule has 28 heavy (non-hydrogen) atoms. The summed E-state index contributed by atoms with van der Waals surface area (Å²) in [5.74, 6) is 0.610. The van der Waals surface area contributed by atoms with Crippen molar-refractivity contribution in [1.82, 2.24) is 10.2 Å². The van der Waals surface area contributed by atoms with Crippen molar-refractivity contribution in [3.63, 3.8) is 0 Å². The third kappa shape index (κ3) is 4.66. The van der Waals surface area contributed by atoms with Crippen LogP contribution in [-0.2, 0) is 11.2 Å². The third-order valence-corrected chi connectivity index (χ3v) is 5.83. The van der Waals surface area contributed by atoms with Crippen LogP contribution < -0.4 is 5.32 Å². The minimum atomic E-state index is -1.35. The predicted molar refractivity (Wildman–Crippen MR) is 109 cm³/mol. The van der Waals surface area contributed by atoms with Crippen LogP contribution >= 0.6 is 11.8 Å². The number of phenolic OH excluding ortho intramolecular Hbond substituents is 1. The van der Waals surface area contributed by atoms with Crippen LogP contribution in [0, 0.1) is 6.92 Å². The summed E-state index contributed by atoms with van der Waals surface area (Å²) in [7, 11) is 0. The van der Waals surface area contributed by atoms with Gasteiger partial charge in [0.2, 0.25) is 0 Å². The minimum absolute atomic E-state index is 0.0259. The number of thioether (sulfide) groups is 1. The number of rotatable bonds is 6. The molecule has 7 heteroatoms. The van der Waals surface area contributed by atoms with Gasteiger partial charge in [0.15, 0.2) is 6.10 Å². The standard InChI is InChI=1S/C21H24N2O4S/c1-14-16(8-5-9-18(14)24)20(26)22-17(12-15-6-3-2-4-7-15)19(25)21(27)23-10-11-28-13-23/h2-9,17,19,24-25H,10-13H2,1H3,(H,22,26)/t17-,19-/m0/s1. The number of amides is 2. The summed E-state index contributed by atoms with van der Waals surface area (Å²) >= 11 is 1.64. The van der Waals surface area contributed by atoms with Gasteiger partial charge in [-0.15, -0.1) is 11.8 Å². The zero-order valence-corrected chi connectivity index (χ0v) is 16.5. The van der Waals surface area contributed by atoms with E-state index in [9.17, 15) is 19.8 Å². The van der Waals surface area contributed by atoms with Crippen LogP contribution in [0.15, 0.2) is 48.5 Å². The molecule has 0 aliphatic carbocycles. The van der Waals surface area contributed by atoms with Crippen molar-refractivity contribution >= 4 is 23.6 Å². The smallest absolute Gasteiger partial charge is 0.254 e. The number of hydrogen-bond acceptors (Lipinski definition) is 5. The summed E-state index contributed by atoms with van der Waals surface area (Å²) in [6.07, 6.45) is -1.03. The second kappa shape index (κ2) is 9.12. The van der Waals surface area contributed by atoms with Crippen LogP contribution in [0.1, 0.15) is 21.5 Å². The van der Waals surface area contributed by atoms with Crippen LogP contribution in [0.25, 0.3) is 0 Å². The number of carbonyl (C=O) groups excluding carboxylic acids is 2. The van der Waals surface area contributed by atoms with Crippen molar-refractivity contribution in [2.24, 2.45) is 0 Å². The topological polar surface area (TPSA) is 89.9 Å². The predicted octanol–water partition coefficient (Wildman–Crippen LogP) is 1.94. The van der Waals surface area contributed by atoms with Crippen LogP contribution in [-0.4, -0.2) is 57.2 Å². The molecule has 2 aromatic rings. The number of phenols is 1. The maximum Gasteiger partial charge on any atom is 0.254 e. The van der Waals surface area contributed by atoms with Gasteiger partial charge >= 0.3 is 0 Å². The fourth-order valence-corrected chi connectivity index (χ4v) is 4.13. The fourth-order valence-electron chi connectivity index (χ4n) is 3.17. The number of benzene rings is 2. The number of carbonyl (C=O) groups is 2. The Morgan fingerprint density at radius 2 is 1.93 bits per heavy atom. The highest BCUT2D eigenvalue weighted by Crippen LogP contribution is 2.21. The van der Waals surface area contributed by atoms with E-state index in [1.165, 1.54) is 6.07 Å². The first-order valence-electron chi connectivity index (χ1n) is 9.15. The molecule has 0 radical (unpaired) electrons. The van der Waals surface area contributed by atoms with Gasteiger partial charge in [0.05, 0.1) is 11.9 Å². The molecule has 1 heterocycles. The van der Waals surface area contributed by atoms with E-state index < -0.39 is 18.1 Å². The van der Waals surface area contributed by atoms with Gasteiger partial charge in [0.1, 0.15) is 5.75 Å². The van der Waals surface area contributed by atoms with Crippen LogP contribution in [0.3, 0.4) is 0 Å². The normalized spacial score (nSPS) is 15.9. The van der Waals surface area contributed by atoms with Crippen molar-refractivity contribution in [2.45, 2.75) is 25.5 Å². The van der Waals surface area contributed by atoms with E-state index in [1.807, 2.05) is 30.3 Å². The molecule has 0 saturated carbocycles. The van der Waals surface area contributed by atoms with Crippen molar-refractivity contribution in [3.8, 4) is 5.75 Å². The largest absolute Gasteiger partial charge is 0.508 e. The number of aliphatic hydroxyl groups excluding tert-OH is 1. The first kappa shape index (κ1) is 20.2. The Morgan fingerprint density at radius 3 is 2.61 bits per heavy atom. The lowest BCUT2D eigenvalue weighted by molar-refractivity contribution is -0.140. The van der Waals surface area contributed by atoms with Gasteiger partial charge in [-0.25, -0.2) is 0 Å². The highest BCUT2D eigenvalue weighted by atomic mass is 32.2. The van der Waals surface area contributed by atoms with Crippen molar-refractivity contribution in [1.29, 1.82) is 0 Å². The fraction of sp³-hybridized carbons (Fsp3) is 0.333. The van der Waals surface area contributed by atoms with Crippen molar-refractivity contribution < 1.29 is 19.8 Å². The molecular formula is C21H24N2O4S. The monoisotopic (exact) mass is 400 g/mol. The van der Waals surface area contributed by atoms with Gasteiger partial charge in [-0.1, -0.05) is 36.4 Å². The lowest BCUT2D eigenvalue weighted by atomic mass is 9.99. The van der Waals surface area contributed by atoms with Crippen molar-refractivity contribution in [3.05, 3.63) is 65.2 Å². The Bertz CT molecular complexity index is 838. The molecule has 3 rings (SSSR count). The third-order valence-electron chi connectivity index (χ3n) is 4.86. The molecule has 6 nitrogen and oxygen atoms in total. The average molecular weight is 401 g/mol. The SMILES string of the molecule is Cc1c(O)cccc1C(=O)N[C@@H](Cc1ccccc1)[C@H](O)C(=O)N1CCSC1. The Hall–Kier alpha value is -2.51. The maximum atomic E-state index is 12.8. The van der Waals surface area contributed by atoms with E-state index >= 15 is 0 Å². The van der Waals surface area contributed by atoms with E-state index in [2.05, 4.69) is 5.32 Å². The molecule has 2 amide bonds. The summed E-state index contributed by atoms with van der Waals surface area (Å²) < 4.78 is 0. The molecular weight excluding hydrogens is 376 g/mol. The van der Waals surface area contributed by atoms with E-state index in [-0.39, 0.29) is 11.7 Å². The lowest BCUT2D eigenvalue weighted by Crippen LogP contribution is -2.52. The highest BCUT2D eigenvalue weighted by molar-refractivity contribution is 7.99. The van der Waals surface area contributed by atoms with E-state index in [0.717, 1.165) is 11.3 Å². The van der Waals surface area contributed by atoms with Crippen molar-refractivity contribution in [2.75, 3.05) is 18.2 Å². The lowest BCUT2D eigenvalue weighted by Gasteiger charge is -2.27. The average Bonchev–Trinajstić information content (AvgIpc) is 3.24. The van der Waals surface area contributed by atoms with Gasteiger partial charge in [0.25, 0.3) is 11.8 Å². The molecule has 1 fully saturated rings. The quantitative estimate of drug-likeness (QED) is 0.690. The number of hydrogen-bond donors (Lipinski definition) is 3. The molecule has 1 aliphatic rings. The van der Waals surface area contributed by atoms with Gasteiger partial charge < -0.3 is 20.4 Å². The highest BCUT2D eigenvalue weighted by Gasteiger charge is 2.33. The number of nitrogens with zero attached hydrogens (tertiary/aromatic N) is 1. The Balaban J connectivity index is 1.81. The second-order valence-corrected chi connectivity index (χ2v) is 7.88. The molecule has 0 unspecified atom stereocenters.